The topological polar surface area (TPSA) is 55.6 Å². The first-order valence-electron chi connectivity index (χ1n) is 4.91. The average molecular weight is 205 g/mol. The molecule has 1 fully saturated rings. The van der Waals surface area contributed by atoms with Crippen LogP contribution in [0.25, 0.3) is 0 Å². The monoisotopic (exact) mass is 205 g/mol. The summed E-state index contributed by atoms with van der Waals surface area (Å²) in [6.07, 6.45) is 0. The molecule has 0 saturated carbocycles. The second kappa shape index (κ2) is 4.31. The SMILES string of the molecule is NC(=O)c1c[c]c(N2CCOCC2)cc1. The highest BCUT2D eigenvalue weighted by atomic mass is 16.5. The van der Waals surface area contributed by atoms with Gasteiger partial charge in [0.15, 0.2) is 0 Å². The number of nitrogens with zero attached hydrogens (tertiary/aromatic N) is 1. The summed E-state index contributed by atoms with van der Waals surface area (Å²) in [7, 11) is 0. The highest BCUT2D eigenvalue weighted by molar-refractivity contribution is 5.93. The molecule has 4 heteroatoms. The fraction of sp³-hybridized carbons (Fsp3) is 0.364. The largest absolute Gasteiger partial charge is 0.378 e. The summed E-state index contributed by atoms with van der Waals surface area (Å²) in [4.78, 5) is 13.0. The molecule has 1 aromatic carbocycles. The van der Waals surface area contributed by atoms with Gasteiger partial charge >= 0.3 is 0 Å². The van der Waals surface area contributed by atoms with Crippen molar-refractivity contribution < 1.29 is 9.53 Å². The highest BCUT2D eigenvalue weighted by Gasteiger charge is 2.11. The number of anilines is 1. The molecule has 0 spiro atoms. The van der Waals surface area contributed by atoms with Crippen LogP contribution in [0, 0.1) is 6.07 Å². The maximum Gasteiger partial charge on any atom is 0.248 e. The molecule has 1 radical (unpaired) electrons. The Morgan fingerprint density at radius 3 is 2.67 bits per heavy atom. The van der Waals surface area contributed by atoms with E-state index in [0.717, 1.165) is 32.0 Å². The number of primary amides is 1. The van der Waals surface area contributed by atoms with E-state index in [2.05, 4.69) is 11.0 Å². The second-order valence-electron chi connectivity index (χ2n) is 3.43. The summed E-state index contributed by atoms with van der Waals surface area (Å²) in [5.41, 5.74) is 6.63. The van der Waals surface area contributed by atoms with E-state index >= 15 is 0 Å². The number of amides is 1. The van der Waals surface area contributed by atoms with E-state index in [1.54, 1.807) is 12.1 Å². The molecule has 79 valence electrons. The minimum absolute atomic E-state index is 0.417. The highest BCUT2D eigenvalue weighted by Crippen LogP contribution is 2.15. The fourth-order valence-electron chi connectivity index (χ4n) is 1.57. The zero-order valence-electron chi connectivity index (χ0n) is 8.40. The Morgan fingerprint density at radius 2 is 2.13 bits per heavy atom. The Balaban J connectivity index is 2.11. The maximum absolute atomic E-state index is 10.9. The summed E-state index contributed by atoms with van der Waals surface area (Å²) in [5, 5.41) is 0. The van der Waals surface area contributed by atoms with E-state index in [0.29, 0.717) is 5.56 Å². The predicted molar refractivity (Wildman–Crippen MR) is 56.8 cm³/mol. The third-order valence-electron chi connectivity index (χ3n) is 2.43. The molecule has 0 unspecified atom stereocenters. The van der Waals surface area contributed by atoms with Gasteiger partial charge < -0.3 is 15.4 Å². The van der Waals surface area contributed by atoms with Crippen LogP contribution in [-0.4, -0.2) is 32.2 Å². The van der Waals surface area contributed by atoms with E-state index < -0.39 is 5.91 Å². The van der Waals surface area contributed by atoms with Gasteiger partial charge in [0.1, 0.15) is 0 Å². The minimum Gasteiger partial charge on any atom is -0.378 e. The maximum atomic E-state index is 10.9. The number of benzene rings is 1. The van der Waals surface area contributed by atoms with Gasteiger partial charge in [0.2, 0.25) is 5.91 Å². The van der Waals surface area contributed by atoms with Crippen molar-refractivity contribution in [2.75, 3.05) is 31.2 Å². The molecular formula is C11H13N2O2. The molecule has 1 aliphatic heterocycles. The van der Waals surface area contributed by atoms with Crippen LogP contribution in [0.1, 0.15) is 10.4 Å². The molecule has 1 saturated heterocycles. The normalized spacial score (nSPS) is 16.4. The lowest BCUT2D eigenvalue weighted by molar-refractivity contribution is 0.1000. The molecule has 1 amide bonds. The summed E-state index contributed by atoms with van der Waals surface area (Å²) >= 11 is 0. The zero-order chi connectivity index (χ0) is 10.7. The number of hydrogen-bond acceptors (Lipinski definition) is 3. The van der Waals surface area contributed by atoms with E-state index in [1.165, 1.54) is 0 Å². The lowest BCUT2D eigenvalue weighted by Crippen LogP contribution is -2.36. The van der Waals surface area contributed by atoms with Crippen LogP contribution in [0.4, 0.5) is 5.69 Å². The molecule has 1 aliphatic rings. The van der Waals surface area contributed by atoms with E-state index in [-0.39, 0.29) is 0 Å². The molecule has 2 N–H and O–H groups in total. The van der Waals surface area contributed by atoms with Gasteiger partial charge in [-0.05, 0) is 18.2 Å². The Hall–Kier alpha value is -1.55. The predicted octanol–water partition coefficient (Wildman–Crippen LogP) is 0.422. The number of nitrogens with two attached hydrogens (primary N) is 1. The van der Waals surface area contributed by atoms with Gasteiger partial charge in [0.05, 0.1) is 13.2 Å². The summed E-state index contributed by atoms with van der Waals surface area (Å²) in [6.45, 7) is 3.22. The first kappa shape index (κ1) is 9.98. The van der Waals surface area contributed by atoms with Crippen molar-refractivity contribution in [1.82, 2.24) is 0 Å². The van der Waals surface area contributed by atoms with Gasteiger partial charge in [-0.2, -0.15) is 0 Å². The number of hydrogen-bond donors (Lipinski definition) is 1. The van der Waals surface area contributed by atoms with Gasteiger partial charge in [-0.3, -0.25) is 4.79 Å². The van der Waals surface area contributed by atoms with Crippen LogP contribution >= 0.6 is 0 Å². The first-order chi connectivity index (χ1) is 7.27. The van der Waals surface area contributed by atoms with Gasteiger partial charge in [0, 0.05) is 30.4 Å². The van der Waals surface area contributed by atoms with Gasteiger partial charge in [-0.15, -0.1) is 0 Å². The van der Waals surface area contributed by atoms with Crippen LogP contribution < -0.4 is 10.6 Å². The lowest BCUT2D eigenvalue weighted by Gasteiger charge is -2.28. The van der Waals surface area contributed by atoms with Crippen molar-refractivity contribution in [3.05, 3.63) is 29.8 Å². The molecule has 1 aromatic rings. The third-order valence-corrected chi connectivity index (χ3v) is 2.43. The summed E-state index contributed by atoms with van der Waals surface area (Å²) in [5.74, 6) is -0.417. The van der Waals surface area contributed by atoms with Gasteiger partial charge in [-0.1, -0.05) is 0 Å². The molecule has 1 heterocycles. The first-order valence-corrected chi connectivity index (χ1v) is 4.91. The van der Waals surface area contributed by atoms with Crippen molar-refractivity contribution in [2.45, 2.75) is 0 Å². The standard InChI is InChI=1S/C11H13N2O2/c12-11(14)9-1-3-10(4-2-9)13-5-7-15-8-6-13/h1-3H,5-8H2,(H2,12,14). The van der Waals surface area contributed by atoms with Crippen molar-refractivity contribution >= 4 is 11.6 Å². The quantitative estimate of drug-likeness (QED) is 0.761. The van der Waals surface area contributed by atoms with Gasteiger partial charge in [0.25, 0.3) is 0 Å². The Morgan fingerprint density at radius 1 is 1.40 bits per heavy atom. The molecule has 0 aromatic heterocycles. The summed E-state index contributed by atoms with van der Waals surface area (Å²) in [6, 6.07) is 8.28. The molecule has 0 atom stereocenters. The molecule has 15 heavy (non-hydrogen) atoms. The van der Waals surface area contributed by atoms with Crippen LogP contribution in [-0.2, 0) is 4.74 Å². The van der Waals surface area contributed by atoms with Gasteiger partial charge in [-0.25, -0.2) is 0 Å². The van der Waals surface area contributed by atoms with Crippen LogP contribution in [0.2, 0.25) is 0 Å². The lowest BCUT2D eigenvalue weighted by atomic mass is 10.2. The zero-order valence-corrected chi connectivity index (χ0v) is 8.40. The molecule has 0 aliphatic carbocycles. The molecule has 0 bridgehead atoms. The summed E-state index contributed by atoms with van der Waals surface area (Å²) < 4.78 is 5.25. The minimum atomic E-state index is -0.417. The Kier molecular flexibility index (Phi) is 2.87. The Bertz CT molecular complexity index is 342. The van der Waals surface area contributed by atoms with E-state index in [4.69, 9.17) is 10.5 Å². The van der Waals surface area contributed by atoms with E-state index in [1.807, 2.05) is 6.07 Å². The molecule has 4 nitrogen and oxygen atoms in total. The van der Waals surface area contributed by atoms with Crippen LogP contribution in [0.5, 0.6) is 0 Å². The van der Waals surface area contributed by atoms with E-state index in [9.17, 15) is 4.79 Å². The molecular weight excluding hydrogens is 192 g/mol. The Labute approximate surface area is 88.6 Å². The number of ether oxygens (including phenoxy) is 1. The third kappa shape index (κ3) is 2.27. The van der Waals surface area contributed by atoms with Crippen molar-refractivity contribution in [3.63, 3.8) is 0 Å². The smallest absolute Gasteiger partial charge is 0.248 e. The number of carbonyl (C=O) groups is 1. The van der Waals surface area contributed by atoms with Crippen molar-refractivity contribution in [2.24, 2.45) is 5.73 Å². The number of rotatable bonds is 2. The van der Waals surface area contributed by atoms with Crippen LogP contribution in [0.3, 0.4) is 0 Å². The number of carbonyl (C=O) groups excluding carboxylic acids is 1. The fourth-order valence-corrected chi connectivity index (χ4v) is 1.57. The second-order valence-corrected chi connectivity index (χ2v) is 3.43. The molecule has 2 rings (SSSR count). The average Bonchev–Trinajstić information content (AvgIpc) is 2.30. The van der Waals surface area contributed by atoms with Crippen LogP contribution in [0.15, 0.2) is 18.2 Å². The van der Waals surface area contributed by atoms with Crippen molar-refractivity contribution in [1.29, 1.82) is 0 Å². The number of morpholine rings is 1. The van der Waals surface area contributed by atoms with Crippen molar-refractivity contribution in [3.8, 4) is 0 Å².